The zero-order chi connectivity index (χ0) is 24.5. The fourth-order valence-corrected chi connectivity index (χ4v) is 4.28. The van der Waals surface area contributed by atoms with Gasteiger partial charge in [0.25, 0.3) is 0 Å². The molecule has 0 saturated heterocycles. The van der Waals surface area contributed by atoms with Gasteiger partial charge in [-0.1, -0.05) is 70.5 Å². The lowest BCUT2D eigenvalue weighted by molar-refractivity contribution is -0.139. The minimum atomic E-state index is -0.619. The van der Waals surface area contributed by atoms with Gasteiger partial charge in [-0.05, 0) is 37.1 Å². The maximum atomic E-state index is 13.4. The van der Waals surface area contributed by atoms with Gasteiger partial charge >= 0.3 is 5.97 Å². The number of benzene rings is 2. The van der Waals surface area contributed by atoms with E-state index in [0.717, 1.165) is 15.6 Å². The van der Waals surface area contributed by atoms with Gasteiger partial charge in [-0.15, -0.1) is 0 Å². The molecule has 0 spiro atoms. The van der Waals surface area contributed by atoms with E-state index >= 15 is 0 Å². The predicted molar refractivity (Wildman–Crippen MR) is 135 cm³/mol. The summed E-state index contributed by atoms with van der Waals surface area (Å²) in [6, 6.07) is 19.3. The third kappa shape index (κ3) is 6.24. The number of amides is 1. The maximum Gasteiger partial charge on any atom is 0.336 e. The Balaban J connectivity index is 1.89. The van der Waals surface area contributed by atoms with Crippen LogP contribution in [-0.2, 0) is 14.3 Å². The molecule has 1 aliphatic heterocycles. The Bertz CT molecular complexity index is 1190. The molecule has 1 heterocycles. The van der Waals surface area contributed by atoms with E-state index < -0.39 is 11.9 Å². The van der Waals surface area contributed by atoms with Crippen molar-refractivity contribution >= 4 is 33.9 Å². The Morgan fingerprint density at radius 3 is 2.56 bits per heavy atom. The molecule has 0 saturated carbocycles. The summed E-state index contributed by atoms with van der Waals surface area (Å²) in [5.41, 5.74) is 3.91. The first-order valence-corrected chi connectivity index (χ1v) is 11.7. The summed E-state index contributed by atoms with van der Waals surface area (Å²) < 4.78 is 6.18. The minimum absolute atomic E-state index is 0.00811. The van der Waals surface area contributed by atoms with Crippen LogP contribution in [0.4, 0.5) is 0 Å². The molecule has 2 aromatic rings. The van der Waals surface area contributed by atoms with Crippen LogP contribution >= 0.6 is 15.9 Å². The summed E-state index contributed by atoms with van der Waals surface area (Å²) in [4.78, 5) is 26.4. The summed E-state index contributed by atoms with van der Waals surface area (Å²) in [5, 5.41) is 14.9. The van der Waals surface area contributed by atoms with Crippen molar-refractivity contribution < 1.29 is 14.3 Å². The summed E-state index contributed by atoms with van der Waals surface area (Å²) >= 11 is 3.49. The van der Waals surface area contributed by atoms with Crippen LogP contribution in [0.5, 0.6) is 0 Å². The number of hydrogen-bond acceptors (Lipinski definition) is 5. The minimum Gasteiger partial charge on any atom is -0.461 e. The lowest BCUT2D eigenvalue weighted by atomic mass is 9.80. The van der Waals surface area contributed by atoms with Crippen LogP contribution in [0.1, 0.15) is 37.3 Å². The van der Waals surface area contributed by atoms with E-state index in [1.807, 2.05) is 79.7 Å². The summed E-state index contributed by atoms with van der Waals surface area (Å²) in [7, 11) is 0. The van der Waals surface area contributed by atoms with Gasteiger partial charge in [0, 0.05) is 28.0 Å². The van der Waals surface area contributed by atoms with Crippen molar-refractivity contribution in [3.63, 3.8) is 0 Å². The number of ether oxygens (including phenoxy) is 1. The Morgan fingerprint density at radius 2 is 1.85 bits per heavy atom. The number of carbonyl (C=O) groups is 2. The molecular formula is C27H26BrN3O3. The highest BCUT2D eigenvalue weighted by atomic mass is 79.9. The number of rotatable bonds is 8. The van der Waals surface area contributed by atoms with Gasteiger partial charge in [-0.2, -0.15) is 5.26 Å². The molecule has 174 valence electrons. The van der Waals surface area contributed by atoms with Gasteiger partial charge in [-0.3, -0.25) is 4.79 Å². The smallest absolute Gasteiger partial charge is 0.336 e. The lowest BCUT2D eigenvalue weighted by Crippen LogP contribution is -2.36. The fraction of sp³-hybridized carbons (Fsp3) is 0.222. The van der Waals surface area contributed by atoms with Gasteiger partial charge in [0.2, 0.25) is 5.91 Å². The van der Waals surface area contributed by atoms with Gasteiger partial charge < -0.3 is 15.4 Å². The van der Waals surface area contributed by atoms with E-state index in [0.29, 0.717) is 29.1 Å². The van der Waals surface area contributed by atoms with Crippen molar-refractivity contribution in [2.24, 2.45) is 0 Å². The van der Waals surface area contributed by atoms with Crippen molar-refractivity contribution in [1.82, 2.24) is 10.6 Å². The Labute approximate surface area is 208 Å². The van der Waals surface area contributed by atoms with Crippen LogP contribution < -0.4 is 10.6 Å². The summed E-state index contributed by atoms with van der Waals surface area (Å²) in [6.07, 6.45) is 3.92. The van der Waals surface area contributed by atoms with Gasteiger partial charge in [0.05, 0.1) is 24.0 Å². The van der Waals surface area contributed by atoms with Crippen molar-refractivity contribution in [1.29, 1.82) is 5.26 Å². The van der Waals surface area contributed by atoms with E-state index in [9.17, 15) is 9.59 Å². The lowest BCUT2D eigenvalue weighted by Gasteiger charge is -2.31. The third-order valence-electron chi connectivity index (χ3n) is 5.34. The Kier molecular flexibility index (Phi) is 8.83. The molecule has 1 amide bonds. The second kappa shape index (κ2) is 12.0. The van der Waals surface area contributed by atoms with Crippen LogP contribution in [0.15, 0.2) is 87.7 Å². The molecule has 6 nitrogen and oxygen atoms in total. The van der Waals surface area contributed by atoms with Crippen molar-refractivity contribution in [3.05, 3.63) is 98.8 Å². The average molecular weight is 520 g/mol. The van der Waals surface area contributed by atoms with E-state index in [4.69, 9.17) is 10.00 Å². The normalized spacial score (nSPS) is 15.6. The first-order valence-electron chi connectivity index (χ1n) is 10.9. The number of dihydropyridines is 1. The van der Waals surface area contributed by atoms with Crippen LogP contribution in [0, 0.1) is 11.3 Å². The molecule has 0 radical (unpaired) electrons. The second-order valence-corrected chi connectivity index (χ2v) is 8.67. The van der Waals surface area contributed by atoms with Gasteiger partial charge in [-0.25, -0.2) is 4.79 Å². The molecule has 0 bridgehead atoms. The maximum absolute atomic E-state index is 13.4. The zero-order valence-electron chi connectivity index (χ0n) is 19.1. The molecule has 0 aromatic heterocycles. The summed E-state index contributed by atoms with van der Waals surface area (Å²) in [6.45, 7) is 3.93. The van der Waals surface area contributed by atoms with E-state index in [2.05, 4.69) is 26.6 Å². The topological polar surface area (TPSA) is 91.2 Å². The van der Waals surface area contributed by atoms with E-state index in [1.54, 1.807) is 6.92 Å². The van der Waals surface area contributed by atoms with Crippen molar-refractivity contribution in [2.75, 3.05) is 13.2 Å². The quantitative estimate of drug-likeness (QED) is 0.379. The number of carbonyl (C=O) groups excluding carboxylic acids is 2. The molecule has 2 N–H and O–H groups in total. The highest BCUT2D eigenvalue weighted by Gasteiger charge is 2.37. The molecule has 1 aliphatic rings. The number of halogens is 1. The van der Waals surface area contributed by atoms with Crippen molar-refractivity contribution in [3.8, 4) is 6.07 Å². The molecule has 1 atom stereocenters. The number of esters is 1. The van der Waals surface area contributed by atoms with Crippen LogP contribution in [0.2, 0.25) is 0 Å². The standard InChI is InChI=1S/C27H26BrN3O3/c1-18-23(26(32)30-15-7-11-20-9-4-3-5-10-20)25(21-12-6-13-22(28)17-21)24(19(2)31-18)27(33)34-16-8-14-29/h3-7,9-13,17,25,31H,8,15-16H2,1-2H3,(H,30,32). The molecule has 7 heteroatoms. The van der Waals surface area contributed by atoms with Crippen molar-refractivity contribution in [2.45, 2.75) is 26.2 Å². The monoisotopic (exact) mass is 519 g/mol. The molecule has 3 rings (SSSR count). The number of nitriles is 1. The summed E-state index contributed by atoms with van der Waals surface area (Å²) in [5.74, 6) is -1.44. The molecule has 0 aliphatic carbocycles. The second-order valence-electron chi connectivity index (χ2n) is 7.76. The molecule has 34 heavy (non-hydrogen) atoms. The SMILES string of the molecule is CC1=C(C(=O)NCC=Cc2ccccc2)C(c2cccc(Br)c2)C(C(=O)OCCC#N)=C(C)N1. The van der Waals surface area contributed by atoms with Crippen LogP contribution in [0.25, 0.3) is 6.08 Å². The first-order chi connectivity index (χ1) is 16.4. The predicted octanol–water partition coefficient (Wildman–Crippen LogP) is 4.97. The molecular weight excluding hydrogens is 494 g/mol. The molecule has 1 unspecified atom stereocenters. The number of allylic oxidation sites excluding steroid dienone is 2. The van der Waals surface area contributed by atoms with Gasteiger partial charge in [0.15, 0.2) is 0 Å². The zero-order valence-corrected chi connectivity index (χ0v) is 20.7. The van der Waals surface area contributed by atoms with E-state index in [1.165, 1.54) is 0 Å². The van der Waals surface area contributed by atoms with Gasteiger partial charge in [0.1, 0.15) is 6.61 Å². The Morgan fingerprint density at radius 1 is 1.12 bits per heavy atom. The molecule has 0 fully saturated rings. The molecule has 2 aromatic carbocycles. The number of hydrogen-bond donors (Lipinski definition) is 2. The highest BCUT2D eigenvalue weighted by Crippen LogP contribution is 2.39. The number of nitrogens with zero attached hydrogens (tertiary/aromatic N) is 1. The number of nitrogens with one attached hydrogen (secondary N) is 2. The van der Waals surface area contributed by atoms with Crippen LogP contribution in [0.3, 0.4) is 0 Å². The fourth-order valence-electron chi connectivity index (χ4n) is 3.86. The third-order valence-corrected chi connectivity index (χ3v) is 5.84. The highest BCUT2D eigenvalue weighted by molar-refractivity contribution is 9.10. The average Bonchev–Trinajstić information content (AvgIpc) is 2.82. The van der Waals surface area contributed by atoms with E-state index in [-0.39, 0.29) is 18.9 Å². The Hall–Kier alpha value is -3.63. The van der Waals surface area contributed by atoms with Crippen LogP contribution in [-0.4, -0.2) is 25.0 Å². The largest absolute Gasteiger partial charge is 0.461 e. The first kappa shape index (κ1) is 25.0.